The predicted octanol–water partition coefficient (Wildman–Crippen LogP) is 3.58. The van der Waals surface area contributed by atoms with E-state index in [-0.39, 0.29) is 23.7 Å². The highest BCUT2D eigenvalue weighted by atomic mass is 16.6. The van der Waals surface area contributed by atoms with Crippen LogP contribution in [0.15, 0.2) is 36.4 Å². The summed E-state index contributed by atoms with van der Waals surface area (Å²) in [6.45, 7) is 2.40. The van der Waals surface area contributed by atoms with Gasteiger partial charge < -0.3 is 19.5 Å². The van der Waals surface area contributed by atoms with Gasteiger partial charge in [0.2, 0.25) is 5.91 Å². The van der Waals surface area contributed by atoms with E-state index in [2.05, 4.69) is 5.32 Å². The molecule has 0 unspecified atom stereocenters. The lowest BCUT2D eigenvalue weighted by atomic mass is 10.1. The second kappa shape index (κ2) is 9.42. The number of methoxy groups -OCH3 is 2. The number of carbonyl (C=O) groups excluding carboxylic acids is 1. The van der Waals surface area contributed by atoms with Gasteiger partial charge in [-0.1, -0.05) is 13.0 Å². The van der Waals surface area contributed by atoms with E-state index in [1.165, 1.54) is 26.4 Å². The number of carbonyl (C=O) groups is 1. The number of rotatable bonds is 9. The zero-order valence-corrected chi connectivity index (χ0v) is 15.5. The summed E-state index contributed by atoms with van der Waals surface area (Å²) in [5.74, 6) is 1.07. The van der Waals surface area contributed by atoms with Crippen LogP contribution in [0.5, 0.6) is 17.2 Å². The first-order chi connectivity index (χ1) is 13.0. The molecule has 0 aliphatic rings. The summed E-state index contributed by atoms with van der Waals surface area (Å²) in [7, 11) is 3.03. The highest BCUT2D eigenvalue weighted by molar-refractivity contribution is 5.94. The van der Waals surface area contributed by atoms with Crippen molar-refractivity contribution in [3.8, 4) is 17.2 Å². The fourth-order valence-corrected chi connectivity index (χ4v) is 2.45. The summed E-state index contributed by atoms with van der Waals surface area (Å²) in [4.78, 5) is 23.1. The van der Waals surface area contributed by atoms with E-state index >= 15 is 0 Å². The number of hydrogen-bond acceptors (Lipinski definition) is 6. The summed E-state index contributed by atoms with van der Waals surface area (Å²) in [5.41, 5.74) is 0.592. The Kier molecular flexibility index (Phi) is 6.99. The van der Waals surface area contributed by atoms with Crippen molar-refractivity contribution >= 4 is 17.3 Å². The molecule has 1 amide bonds. The van der Waals surface area contributed by atoms with Crippen LogP contribution in [0, 0.1) is 10.1 Å². The van der Waals surface area contributed by atoms with E-state index in [4.69, 9.17) is 14.2 Å². The number of benzene rings is 2. The van der Waals surface area contributed by atoms with Crippen LogP contribution < -0.4 is 19.5 Å². The molecule has 1 N–H and O–H groups in total. The molecule has 0 atom stereocenters. The van der Waals surface area contributed by atoms with Gasteiger partial charge in [0, 0.05) is 0 Å². The number of amides is 1. The number of nitro groups is 1. The molecule has 0 saturated heterocycles. The van der Waals surface area contributed by atoms with Gasteiger partial charge in [-0.15, -0.1) is 0 Å². The average molecular weight is 374 g/mol. The highest BCUT2D eigenvalue weighted by Crippen LogP contribution is 2.30. The van der Waals surface area contributed by atoms with Gasteiger partial charge in [-0.05, 0) is 36.2 Å². The molecule has 27 heavy (non-hydrogen) atoms. The quantitative estimate of drug-likeness (QED) is 0.532. The maximum Gasteiger partial charge on any atom is 0.296 e. The van der Waals surface area contributed by atoms with Gasteiger partial charge in [-0.3, -0.25) is 14.9 Å². The summed E-state index contributed by atoms with van der Waals surface area (Å²) in [6.07, 6.45) is 0.823. The molecule has 0 bridgehead atoms. The van der Waals surface area contributed by atoms with Crippen molar-refractivity contribution in [2.24, 2.45) is 0 Å². The van der Waals surface area contributed by atoms with Crippen LogP contribution in [0.1, 0.15) is 18.9 Å². The second-order valence-electron chi connectivity index (χ2n) is 5.70. The fraction of sp³-hybridized carbons (Fsp3) is 0.316. The van der Waals surface area contributed by atoms with Gasteiger partial charge in [-0.2, -0.15) is 0 Å². The largest absolute Gasteiger partial charge is 0.493 e. The third kappa shape index (κ3) is 5.34. The van der Waals surface area contributed by atoms with E-state index in [1.807, 2.05) is 6.92 Å². The Balaban J connectivity index is 2.14. The van der Waals surface area contributed by atoms with Gasteiger partial charge in [0.1, 0.15) is 11.4 Å². The van der Waals surface area contributed by atoms with Crippen molar-refractivity contribution in [2.75, 3.05) is 26.1 Å². The minimum atomic E-state index is -0.551. The topological polar surface area (TPSA) is 99.9 Å². The monoisotopic (exact) mass is 374 g/mol. The van der Waals surface area contributed by atoms with Gasteiger partial charge in [0.25, 0.3) is 5.69 Å². The van der Waals surface area contributed by atoms with Gasteiger partial charge >= 0.3 is 0 Å². The van der Waals surface area contributed by atoms with Crippen LogP contribution in [0.25, 0.3) is 0 Å². The molecule has 2 aromatic carbocycles. The van der Waals surface area contributed by atoms with E-state index in [0.717, 1.165) is 6.42 Å². The minimum absolute atomic E-state index is 0.0333. The third-order valence-electron chi connectivity index (χ3n) is 3.73. The van der Waals surface area contributed by atoms with Crippen LogP contribution in [0.3, 0.4) is 0 Å². The molecule has 8 heteroatoms. The number of nitrogens with zero attached hydrogens (tertiary/aromatic N) is 1. The first-order valence-corrected chi connectivity index (χ1v) is 8.40. The van der Waals surface area contributed by atoms with Crippen LogP contribution >= 0.6 is 0 Å². The zero-order valence-electron chi connectivity index (χ0n) is 15.5. The van der Waals surface area contributed by atoms with Crippen molar-refractivity contribution in [1.29, 1.82) is 0 Å². The van der Waals surface area contributed by atoms with E-state index in [1.54, 1.807) is 24.3 Å². The summed E-state index contributed by atoms with van der Waals surface area (Å²) in [6, 6.07) is 9.49. The molecule has 2 rings (SSSR count). The van der Waals surface area contributed by atoms with Crippen LogP contribution in [0.2, 0.25) is 0 Å². The van der Waals surface area contributed by atoms with Crippen LogP contribution in [-0.4, -0.2) is 31.7 Å². The second-order valence-corrected chi connectivity index (χ2v) is 5.70. The standard InChI is InChI=1S/C19H22N2O6/c1-4-9-27-14-6-7-15(16(12-14)21(23)24)20-19(22)11-13-5-8-17(25-2)18(10-13)26-3/h5-8,10,12H,4,9,11H2,1-3H3,(H,20,22). The van der Waals surface area contributed by atoms with Gasteiger partial charge in [-0.25, -0.2) is 0 Å². The molecule has 8 nitrogen and oxygen atoms in total. The number of hydrogen-bond donors (Lipinski definition) is 1. The van der Waals surface area contributed by atoms with E-state index in [0.29, 0.717) is 29.4 Å². The Morgan fingerprint density at radius 2 is 1.85 bits per heavy atom. The third-order valence-corrected chi connectivity index (χ3v) is 3.73. The number of ether oxygens (including phenoxy) is 3. The molecular weight excluding hydrogens is 352 g/mol. The molecule has 144 valence electrons. The Morgan fingerprint density at radius 1 is 1.11 bits per heavy atom. The minimum Gasteiger partial charge on any atom is -0.493 e. The lowest BCUT2D eigenvalue weighted by Gasteiger charge is -2.11. The molecule has 0 radical (unpaired) electrons. The lowest BCUT2D eigenvalue weighted by molar-refractivity contribution is -0.384. The molecule has 0 spiro atoms. The Hall–Kier alpha value is -3.29. The molecule has 0 fully saturated rings. The maximum atomic E-state index is 12.3. The van der Waals surface area contributed by atoms with Crippen LogP contribution in [0.4, 0.5) is 11.4 Å². The Morgan fingerprint density at radius 3 is 2.48 bits per heavy atom. The van der Waals surface area contributed by atoms with Gasteiger partial charge in [0.15, 0.2) is 11.5 Å². The van der Waals surface area contributed by atoms with Crippen molar-refractivity contribution in [3.63, 3.8) is 0 Å². The molecular formula is C19H22N2O6. The SMILES string of the molecule is CCCOc1ccc(NC(=O)Cc2ccc(OC)c(OC)c2)c([N+](=O)[O-])c1. The zero-order chi connectivity index (χ0) is 19.8. The van der Waals surface area contributed by atoms with Crippen molar-refractivity contribution in [1.82, 2.24) is 0 Å². The van der Waals surface area contributed by atoms with Crippen molar-refractivity contribution < 1.29 is 23.9 Å². The molecule has 0 saturated carbocycles. The van der Waals surface area contributed by atoms with Gasteiger partial charge in [0.05, 0.1) is 38.2 Å². The first kappa shape index (κ1) is 20.0. The Bertz CT molecular complexity index is 822. The predicted molar refractivity (Wildman–Crippen MR) is 101 cm³/mol. The summed E-state index contributed by atoms with van der Waals surface area (Å²) in [5, 5.41) is 13.9. The van der Waals surface area contributed by atoms with E-state index < -0.39 is 4.92 Å². The maximum absolute atomic E-state index is 12.3. The molecule has 0 heterocycles. The Labute approximate surface area is 157 Å². The number of anilines is 1. The van der Waals surface area contributed by atoms with Crippen molar-refractivity contribution in [2.45, 2.75) is 19.8 Å². The number of nitrogens with one attached hydrogen (secondary N) is 1. The summed E-state index contributed by atoms with van der Waals surface area (Å²) >= 11 is 0. The molecule has 2 aromatic rings. The van der Waals surface area contributed by atoms with Crippen LogP contribution in [-0.2, 0) is 11.2 Å². The molecule has 0 aliphatic carbocycles. The normalized spacial score (nSPS) is 10.2. The fourth-order valence-electron chi connectivity index (χ4n) is 2.45. The first-order valence-electron chi connectivity index (χ1n) is 8.40. The summed E-state index contributed by atoms with van der Waals surface area (Å²) < 4.78 is 15.8. The molecule has 0 aromatic heterocycles. The lowest BCUT2D eigenvalue weighted by Crippen LogP contribution is -2.15. The smallest absolute Gasteiger partial charge is 0.296 e. The van der Waals surface area contributed by atoms with E-state index in [9.17, 15) is 14.9 Å². The highest BCUT2D eigenvalue weighted by Gasteiger charge is 2.18. The van der Waals surface area contributed by atoms with Crippen molar-refractivity contribution in [3.05, 3.63) is 52.1 Å². The molecule has 0 aliphatic heterocycles. The number of nitro benzene ring substituents is 1. The average Bonchev–Trinajstić information content (AvgIpc) is 2.66.